The fourth-order valence-corrected chi connectivity index (χ4v) is 5.80. The first-order valence-electron chi connectivity index (χ1n) is 13.3. The average Bonchev–Trinajstić information content (AvgIpc) is 3.39. The lowest BCUT2D eigenvalue weighted by Crippen LogP contribution is -2.62. The number of aromatic nitrogens is 4. The summed E-state index contributed by atoms with van der Waals surface area (Å²) in [6.07, 6.45) is 1.54. The monoisotopic (exact) mass is 534 g/mol. The van der Waals surface area contributed by atoms with Crippen LogP contribution in [0.4, 0.5) is 16.0 Å². The van der Waals surface area contributed by atoms with Gasteiger partial charge < -0.3 is 25.0 Å². The van der Waals surface area contributed by atoms with Gasteiger partial charge in [0, 0.05) is 70.4 Å². The number of hydrogen-bond donors (Lipinski definition) is 4. The highest BCUT2D eigenvalue weighted by Crippen LogP contribution is 2.43. The van der Waals surface area contributed by atoms with E-state index in [-0.39, 0.29) is 17.9 Å². The molecule has 0 saturated carbocycles. The van der Waals surface area contributed by atoms with Gasteiger partial charge in [-0.2, -0.15) is 10.1 Å². The molecule has 3 aliphatic heterocycles. The van der Waals surface area contributed by atoms with Crippen LogP contribution >= 0.6 is 0 Å². The van der Waals surface area contributed by atoms with E-state index in [4.69, 9.17) is 9.47 Å². The Morgan fingerprint density at radius 2 is 2.05 bits per heavy atom. The van der Waals surface area contributed by atoms with Gasteiger partial charge in [0.2, 0.25) is 0 Å². The molecule has 210 valence electrons. The maximum atomic E-state index is 14.4. The van der Waals surface area contributed by atoms with Gasteiger partial charge in [0.05, 0.1) is 29.6 Å². The summed E-state index contributed by atoms with van der Waals surface area (Å²) in [5.74, 6) is -0.188. The largest absolute Gasteiger partial charge is 0.464 e. The Kier molecular flexibility index (Phi) is 7.59. The van der Waals surface area contributed by atoms with Crippen LogP contribution in [0, 0.1) is 5.82 Å². The van der Waals surface area contributed by atoms with Crippen LogP contribution in [0.2, 0.25) is 0 Å². The highest BCUT2D eigenvalue weighted by atomic mass is 19.1. The van der Waals surface area contributed by atoms with Crippen LogP contribution in [0.5, 0.6) is 6.01 Å². The van der Waals surface area contributed by atoms with Crippen LogP contribution in [-0.2, 0) is 16.8 Å². The van der Waals surface area contributed by atoms with Crippen LogP contribution in [0.25, 0.3) is 0 Å². The third kappa shape index (κ3) is 5.23. The number of anilines is 2. The van der Waals surface area contributed by atoms with E-state index in [9.17, 15) is 14.6 Å². The highest BCUT2D eigenvalue weighted by molar-refractivity contribution is 5.59. The number of ether oxygens (including phenoxy) is 2. The van der Waals surface area contributed by atoms with Gasteiger partial charge in [-0.25, -0.2) is 9.37 Å². The van der Waals surface area contributed by atoms with E-state index in [1.165, 1.54) is 0 Å². The van der Waals surface area contributed by atoms with Crippen LogP contribution in [0.1, 0.15) is 51.8 Å². The molecule has 13 heteroatoms. The highest BCUT2D eigenvalue weighted by Gasteiger charge is 2.47. The van der Waals surface area contributed by atoms with Gasteiger partial charge in [-0.15, -0.1) is 0 Å². The molecule has 2 fully saturated rings. The molecule has 1 unspecified atom stereocenters. The second-order valence-electron chi connectivity index (χ2n) is 11.0. The summed E-state index contributed by atoms with van der Waals surface area (Å²) in [6.45, 7) is 12.8. The number of hydrogen-bond acceptors (Lipinski definition) is 11. The number of β-amino-alcohol motifs (C(OH)–C–C–N with tert-alkyl or cyclic N) is 1. The molecule has 2 aromatic rings. The molecule has 0 aliphatic carbocycles. The molecule has 0 amide bonds. The van der Waals surface area contributed by atoms with Gasteiger partial charge in [-0.1, -0.05) is 0 Å². The smallest absolute Gasteiger partial charge is 0.318 e. The van der Waals surface area contributed by atoms with Gasteiger partial charge in [0.15, 0.2) is 23.8 Å². The van der Waals surface area contributed by atoms with E-state index in [2.05, 4.69) is 42.2 Å². The molecular weight excluding hydrogens is 495 g/mol. The van der Waals surface area contributed by atoms with Crippen molar-refractivity contribution in [2.45, 2.75) is 70.6 Å². The maximum Gasteiger partial charge on any atom is 0.318 e. The summed E-state index contributed by atoms with van der Waals surface area (Å²) in [5, 5.41) is 32.9. The lowest BCUT2D eigenvalue weighted by Gasteiger charge is -2.48. The van der Waals surface area contributed by atoms with Crippen molar-refractivity contribution >= 4 is 11.6 Å². The predicted molar refractivity (Wildman–Crippen MR) is 137 cm³/mol. The number of halogens is 1. The molecule has 5 rings (SSSR count). The second-order valence-corrected chi connectivity index (χ2v) is 11.0. The van der Waals surface area contributed by atoms with Gasteiger partial charge in [0.1, 0.15) is 0 Å². The van der Waals surface area contributed by atoms with E-state index in [1.807, 2.05) is 18.7 Å². The SMILES string of the molecule is CCOc1ncc(F)c(Nc2n[nH]c3c2CN(C(O)N2CCN(CC4(O)CCOCC4)C[C@@H]2C)C3(C)C)n1. The van der Waals surface area contributed by atoms with Gasteiger partial charge in [-0.3, -0.25) is 19.8 Å². The van der Waals surface area contributed by atoms with Crippen molar-refractivity contribution in [3.8, 4) is 6.01 Å². The minimum Gasteiger partial charge on any atom is -0.464 e. The molecule has 2 aromatic heterocycles. The number of rotatable bonds is 8. The summed E-state index contributed by atoms with van der Waals surface area (Å²) in [4.78, 5) is 14.4. The number of aliphatic hydroxyl groups excluding tert-OH is 1. The third-order valence-electron chi connectivity index (χ3n) is 8.04. The molecule has 12 nitrogen and oxygen atoms in total. The van der Waals surface area contributed by atoms with Gasteiger partial charge in [0.25, 0.3) is 0 Å². The number of nitrogens with zero attached hydrogens (tertiary/aromatic N) is 6. The molecule has 3 aliphatic rings. The summed E-state index contributed by atoms with van der Waals surface area (Å²) in [6, 6.07) is 0.165. The molecule has 4 N–H and O–H groups in total. The molecule has 2 saturated heterocycles. The van der Waals surface area contributed by atoms with E-state index in [0.717, 1.165) is 30.5 Å². The number of nitrogens with one attached hydrogen (secondary N) is 2. The first-order chi connectivity index (χ1) is 18.1. The molecular formula is C25H39FN8O4. The summed E-state index contributed by atoms with van der Waals surface area (Å²) in [5.41, 5.74) is 0.447. The Hall–Kier alpha value is -2.42. The third-order valence-corrected chi connectivity index (χ3v) is 8.04. The van der Waals surface area contributed by atoms with Crippen molar-refractivity contribution < 1.29 is 24.1 Å². The second kappa shape index (κ2) is 10.6. The van der Waals surface area contributed by atoms with Crippen LogP contribution < -0.4 is 10.1 Å². The van der Waals surface area contributed by atoms with Crippen molar-refractivity contribution in [1.29, 1.82) is 0 Å². The van der Waals surface area contributed by atoms with Crippen LogP contribution in [0.15, 0.2) is 6.20 Å². The minimum atomic E-state index is -0.831. The summed E-state index contributed by atoms with van der Waals surface area (Å²) < 4.78 is 25.2. The normalized spacial score (nSPS) is 24.8. The summed E-state index contributed by atoms with van der Waals surface area (Å²) in [7, 11) is 0. The first-order valence-corrected chi connectivity index (χ1v) is 13.3. The average molecular weight is 535 g/mol. The molecule has 0 aromatic carbocycles. The number of piperazine rings is 1. The van der Waals surface area contributed by atoms with Crippen molar-refractivity contribution in [2.75, 3.05) is 51.3 Å². The van der Waals surface area contributed by atoms with E-state index >= 15 is 0 Å². The number of H-pyrrole nitrogens is 1. The molecule has 0 radical (unpaired) electrons. The predicted octanol–water partition coefficient (Wildman–Crippen LogP) is 1.36. The van der Waals surface area contributed by atoms with Crippen molar-refractivity contribution in [3.05, 3.63) is 23.3 Å². The fraction of sp³-hybridized carbons (Fsp3) is 0.720. The summed E-state index contributed by atoms with van der Waals surface area (Å²) >= 11 is 0. The molecule has 2 atom stereocenters. The standard InChI is InChI=1S/C25H39FN8O4/c1-5-38-22-27-12-18(26)21(29-22)28-20-17-14-34(24(3,4)19(17)30-31-20)23(35)33-9-8-32(13-16(33)2)15-25(36)6-10-37-11-7-25/h12,16,23,35-36H,5-11,13-15H2,1-4H3,(H2,27,28,29,30,31)/t16-,23?/m0/s1. The number of aliphatic hydroxyl groups is 2. The topological polar surface area (TPSA) is 135 Å². The fourth-order valence-electron chi connectivity index (χ4n) is 5.80. The van der Waals surface area contributed by atoms with Gasteiger partial charge in [-0.05, 0) is 27.7 Å². The molecule has 0 bridgehead atoms. The minimum absolute atomic E-state index is 0.0227. The Morgan fingerprint density at radius 3 is 2.76 bits per heavy atom. The Labute approximate surface area is 222 Å². The zero-order valence-electron chi connectivity index (χ0n) is 22.6. The lowest BCUT2D eigenvalue weighted by atomic mass is 9.93. The Morgan fingerprint density at radius 1 is 1.29 bits per heavy atom. The number of aromatic amines is 1. The number of fused-ring (bicyclic) bond motifs is 1. The Bertz CT molecular complexity index is 1120. The first kappa shape index (κ1) is 27.2. The zero-order chi connectivity index (χ0) is 27.1. The van der Waals surface area contributed by atoms with Crippen molar-refractivity contribution in [2.24, 2.45) is 0 Å². The van der Waals surface area contributed by atoms with Crippen LogP contribution in [-0.4, -0.2) is 109 Å². The van der Waals surface area contributed by atoms with Gasteiger partial charge >= 0.3 is 6.01 Å². The van der Waals surface area contributed by atoms with E-state index < -0.39 is 23.3 Å². The molecule has 38 heavy (non-hydrogen) atoms. The quantitative estimate of drug-likeness (QED) is 0.391. The maximum absolute atomic E-state index is 14.4. The van der Waals surface area contributed by atoms with E-state index in [0.29, 0.717) is 58.1 Å². The van der Waals surface area contributed by atoms with Crippen LogP contribution in [0.3, 0.4) is 0 Å². The Balaban J connectivity index is 1.26. The zero-order valence-corrected chi connectivity index (χ0v) is 22.6. The molecule has 5 heterocycles. The van der Waals surface area contributed by atoms with Crippen molar-refractivity contribution in [3.63, 3.8) is 0 Å². The molecule has 0 spiro atoms. The lowest BCUT2D eigenvalue weighted by molar-refractivity contribution is -0.177. The van der Waals surface area contributed by atoms with E-state index in [1.54, 1.807) is 6.92 Å². The van der Waals surface area contributed by atoms with Crippen molar-refractivity contribution in [1.82, 2.24) is 34.9 Å².